The zero-order valence-corrected chi connectivity index (χ0v) is 16.4. The van der Waals surface area contributed by atoms with Crippen LogP contribution in [0.4, 0.5) is 0 Å². The second-order valence-corrected chi connectivity index (χ2v) is 7.54. The van der Waals surface area contributed by atoms with Gasteiger partial charge in [-0.1, -0.05) is 39.5 Å². The van der Waals surface area contributed by atoms with Crippen LogP contribution in [0.15, 0.2) is 48.6 Å². The highest BCUT2D eigenvalue weighted by molar-refractivity contribution is 5.86. The number of esters is 1. The number of hydrogen-bond acceptors (Lipinski definition) is 6. The minimum atomic E-state index is -0.532. The molecule has 0 spiro atoms. The summed E-state index contributed by atoms with van der Waals surface area (Å²) in [5, 5.41) is 19.7. The largest absolute Gasteiger partial charge is 0.505 e. The normalized spacial score (nSPS) is 11.4. The number of nitrogens with zero attached hydrogens (tertiary/aromatic N) is 3. The minimum absolute atomic E-state index is 0.0686. The van der Waals surface area contributed by atoms with Crippen LogP contribution in [-0.2, 0) is 14.9 Å². The predicted molar refractivity (Wildman–Crippen MR) is 106 cm³/mol. The number of carbonyl (C=O) groups excluding carboxylic acids is 1. The van der Waals surface area contributed by atoms with Crippen molar-refractivity contribution in [2.75, 3.05) is 6.79 Å². The van der Waals surface area contributed by atoms with Gasteiger partial charge >= 0.3 is 5.97 Å². The molecule has 1 N–H and O–H groups in total. The van der Waals surface area contributed by atoms with Gasteiger partial charge in [-0.3, -0.25) is 0 Å². The van der Waals surface area contributed by atoms with Gasteiger partial charge in [-0.15, -0.1) is 15.0 Å². The fraction of sp³-hybridized carbons (Fsp3) is 0.286. The maximum atomic E-state index is 11.5. The number of rotatable bonds is 5. The average molecular weight is 381 g/mol. The Kier molecular flexibility index (Phi) is 5.09. The van der Waals surface area contributed by atoms with Gasteiger partial charge in [0.25, 0.3) is 0 Å². The molecule has 0 amide bonds. The summed E-state index contributed by atoms with van der Waals surface area (Å²) in [7, 11) is 0. The molecule has 7 nitrogen and oxygen atoms in total. The molecule has 0 aliphatic heterocycles. The minimum Gasteiger partial charge on any atom is -0.505 e. The molecular weight excluding hydrogens is 358 g/mol. The summed E-state index contributed by atoms with van der Waals surface area (Å²) in [4.78, 5) is 12.9. The van der Waals surface area contributed by atoms with Crippen LogP contribution >= 0.6 is 0 Å². The van der Waals surface area contributed by atoms with Crippen molar-refractivity contribution in [3.63, 3.8) is 0 Å². The summed E-state index contributed by atoms with van der Waals surface area (Å²) < 4.78 is 10.6. The molecule has 2 aromatic carbocycles. The highest BCUT2D eigenvalue weighted by Crippen LogP contribution is 2.38. The third-order valence-electron chi connectivity index (χ3n) is 4.14. The molecule has 0 radical (unpaired) electrons. The molecule has 0 atom stereocenters. The highest BCUT2D eigenvalue weighted by Gasteiger charge is 2.24. The van der Waals surface area contributed by atoms with Gasteiger partial charge in [-0.2, -0.15) is 0 Å². The van der Waals surface area contributed by atoms with Crippen LogP contribution in [0.1, 0.15) is 33.3 Å². The summed E-state index contributed by atoms with van der Waals surface area (Å²) >= 11 is 0. The Bertz CT molecular complexity index is 1010. The van der Waals surface area contributed by atoms with Crippen molar-refractivity contribution in [2.24, 2.45) is 0 Å². The number of phenols is 1. The molecule has 1 heterocycles. The summed E-state index contributed by atoms with van der Waals surface area (Å²) in [5.41, 5.74) is 2.39. The lowest BCUT2D eigenvalue weighted by Crippen LogP contribution is -2.15. The number of carbonyl (C=O) groups is 1. The molecule has 0 aliphatic rings. The Morgan fingerprint density at radius 3 is 2.32 bits per heavy atom. The van der Waals surface area contributed by atoms with E-state index in [1.807, 2.05) is 45.0 Å². The molecule has 0 saturated carbocycles. The van der Waals surface area contributed by atoms with E-state index in [0.717, 1.165) is 0 Å². The lowest BCUT2D eigenvalue weighted by molar-refractivity contribution is -0.145. The van der Waals surface area contributed by atoms with Gasteiger partial charge in [-0.05, 0) is 30.5 Å². The Hall–Kier alpha value is -3.35. The van der Waals surface area contributed by atoms with Crippen LogP contribution in [0.5, 0.6) is 11.5 Å². The van der Waals surface area contributed by atoms with Crippen LogP contribution in [0.3, 0.4) is 0 Å². The van der Waals surface area contributed by atoms with E-state index < -0.39 is 5.97 Å². The Balaban J connectivity index is 2.00. The van der Waals surface area contributed by atoms with Gasteiger partial charge in [-0.25, -0.2) is 4.79 Å². The summed E-state index contributed by atoms with van der Waals surface area (Å²) in [6.45, 7) is 10.8. The molecule has 146 valence electrons. The van der Waals surface area contributed by atoms with E-state index in [-0.39, 0.29) is 23.5 Å². The van der Waals surface area contributed by atoms with Gasteiger partial charge in [0.1, 0.15) is 28.2 Å². The van der Waals surface area contributed by atoms with Crippen LogP contribution in [-0.4, -0.2) is 32.9 Å². The number of phenolic OH excluding ortho intramolecular Hbond substituents is 1. The predicted octanol–water partition coefficient (Wildman–Crippen LogP) is 3.88. The SMILES string of the molecule is C=C(C)C(=O)OCOc1cc(-n2nc3ccccc3n2)c(O)c(C(C)(C)C)c1. The first kappa shape index (κ1) is 19.4. The zero-order valence-electron chi connectivity index (χ0n) is 16.4. The average Bonchev–Trinajstić information content (AvgIpc) is 3.05. The van der Waals surface area contributed by atoms with E-state index in [1.165, 1.54) is 4.80 Å². The molecule has 0 aliphatic carbocycles. The lowest BCUT2D eigenvalue weighted by atomic mass is 9.86. The quantitative estimate of drug-likeness (QED) is 0.410. The molecule has 1 aromatic heterocycles. The smallest absolute Gasteiger partial charge is 0.335 e. The maximum Gasteiger partial charge on any atom is 0.335 e. The van der Waals surface area contributed by atoms with E-state index in [2.05, 4.69) is 16.8 Å². The van der Waals surface area contributed by atoms with E-state index in [0.29, 0.717) is 28.0 Å². The molecule has 28 heavy (non-hydrogen) atoms. The van der Waals surface area contributed by atoms with Gasteiger partial charge in [0.2, 0.25) is 6.79 Å². The van der Waals surface area contributed by atoms with Crippen LogP contribution < -0.4 is 4.74 Å². The fourth-order valence-corrected chi connectivity index (χ4v) is 2.64. The Labute approximate surface area is 163 Å². The molecule has 0 unspecified atom stereocenters. The van der Waals surface area contributed by atoms with Crippen molar-refractivity contribution in [1.82, 2.24) is 15.0 Å². The van der Waals surface area contributed by atoms with Gasteiger partial charge in [0, 0.05) is 17.2 Å². The molecule has 0 bridgehead atoms. The molecule has 3 rings (SSSR count). The van der Waals surface area contributed by atoms with E-state index in [9.17, 15) is 9.90 Å². The van der Waals surface area contributed by atoms with Crippen LogP contribution in [0.25, 0.3) is 16.7 Å². The van der Waals surface area contributed by atoms with Crippen molar-refractivity contribution in [2.45, 2.75) is 33.1 Å². The second kappa shape index (κ2) is 7.34. The number of aromatic nitrogens is 3. The van der Waals surface area contributed by atoms with Crippen molar-refractivity contribution in [1.29, 1.82) is 0 Å². The molecular formula is C21H23N3O4. The number of fused-ring (bicyclic) bond motifs is 1. The first-order valence-corrected chi connectivity index (χ1v) is 8.82. The monoisotopic (exact) mass is 381 g/mol. The summed E-state index contributed by atoms with van der Waals surface area (Å²) in [6.07, 6.45) is 0. The van der Waals surface area contributed by atoms with Crippen molar-refractivity contribution in [3.8, 4) is 17.2 Å². The van der Waals surface area contributed by atoms with Gasteiger partial charge in [0.05, 0.1) is 0 Å². The highest BCUT2D eigenvalue weighted by atomic mass is 16.7. The van der Waals surface area contributed by atoms with E-state index in [4.69, 9.17) is 9.47 Å². The molecule has 3 aromatic rings. The lowest BCUT2D eigenvalue weighted by Gasteiger charge is -2.23. The number of hydrogen-bond donors (Lipinski definition) is 1. The number of benzene rings is 2. The third kappa shape index (κ3) is 3.98. The summed E-state index contributed by atoms with van der Waals surface area (Å²) in [6, 6.07) is 10.8. The molecule has 7 heteroatoms. The fourth-order valence-electron chi connectivity index (χ4n) is 2.64. The Morgan fingerprint density at radius 1 is 1.18 bits per heavy atom. The summed E-state index contributed by atoms with van der Waals surface area (Å²) in [5.74, 6) is -0.0391. The number of aromatic hydroxyl groups is 1. The van der Waals surface area contributed by atoms with Gasteiger partial charge < -0.3 is 14.6 Å². The van der Waals surface area contributed by atoms with Gasteiger partial charge in [0.15, 0.2) is 0 Å². The van der Waals surface area contributed by atoms with E-state index in [1.54, 1.807) is 19.1 Å². The van der Waals surface area contributed by atoms with Crippen molar-refractivity contribution < 1.29 is 19.4 Å². The van der Waals surface area contributed by atoms with E-state index >= 15 is 0 Å². The maximum absolute atomic E-state index is 11.5. The first-order chi connectivity index (χ1) is 13.2. The van der Waals surface area contributed by atoms with Crippen LogP contribution in [0, 0.1) is 0 Å². The second-order valence-electron chi connectivity index (χ2n) is 7.54. The first-order valence-electron chi connectivity index (χ1n) is 8.82. The van der Waals surface area contributed by atoms with Crippen molar-refractivity contribution in [3.05, 3.63) is 54.1 Å². The standard InChI is InChI=1S/C21H23N3O4/c1-13(2)20(26)28-12-27-14-10-15(21(3,4)5)19(25)18(11-14)24-22-16-8-6-7-9-17(16)23-24/h6-11,25H,1,12H2,2-5H3. The van der Waals surface area contributed by atoms with Crippen LogP contribution in [0.2, 0.25) is 0 Å². The third-order valence-corrected chi connectivity index (χ3v) is 4.14. The Morgan fingerprint density at radius 2 is 1.79 bits per heavy atom. The molecule has 0 fully saturated rings. The van der Waals surface area contributed by atoms with Crippen molar-refractivity contribution >= 4 is 17.0 Å². The zero-order chi connectivity index (χ0) is 20.5. The molecule has 0 saturated heterocycles. The topological polar surface area (TPSA) is 86.5 Å². The number of ether oxygens (including phenoxy) is 2.